The van der Waals surface area contributed by atoms with Gasteiger partial charge in [0, 0.05) is 0 Å². The lowest BCUT2D eigenvalue weighted by Gasteiger charge is -2.11. The lowest BCUT2D eigenvalue weighted by atomic mass is 10.1. The van der Waals surface area contributed by atoms with Crippen LogP contribution < -0.4 is 0 Å². The number of allylic oxidation sites excluding steroid dienone is 1. The van der Waals surface area contributed by atoms with Gasteiger partial charge in [0.2, 0.25) is 11.6 Å². The number of alkyl halides is 5. The third-order valence-corrected chi connectivity index (χ3v) is 1.85. The highest BCUT2D eigenvalue weighted by molar-refractivity contribution is 6.78. The van der Waals surface area contributed by atoms with Gasteiger partial charge >= 0.3 is 6.43 Å². The van der Waals surface area contributed by atoms with E-state index in [4.69, 9.17) is 34.8 Å². The van der Waals surface area contributed by atoms with E-state index in [2.05, 4.69) is 4.74 Å². The Hall–Kier alpha value is -0.390. The SMILES string of the molecule is CCO/C=C(\C(=O)C(F)F)C(=O)C(Cl)(Cl)Cl. The zero-order valence-electron chi connectivity index (χ0n) is 7.98. The van der Waals surface area contributed by atoms with Gasteiger partial charge in [0.05, 0.1) is 12.9 Å². The topological polar surface area (TPSA) is 43.4 Å². The standard InChI is InChI=1S/C8H7Cl3F2O3/c1-2-16-3-4(5(14)7(12)13)6(15)8(9,10)11/h3,7H,2H2,1H3/b4-3+. The van der Waals surface area contributed by atoms with Crippen LogP contribution in [0.5, 0.6) is 0 Å². The molecule has 0 fully saturated rings. The molecule has 0 aliphatic heterocycles. The van der Waals surface area contributed by atoms with Crippen LogP contribution in [-0.4, -0.2) is 28.4 Å². The molecule has 0 radical (unpaired) electrons. The second-order valence-electron chi connectivity index (χ2n) is 2.48. The first-order valence-corrected chi connectivity index (χ1v) is 5.10. The molecule has 0 aliphatic rings. The van der Waals surface area contributed by atoms with Crippen LogP contribution in [0.25, 0.3) is 0 Å². The first-order valence-electron chi connectivity index (χ1n) is 3.97. The lowest BCUT2D eigenvalue weighted by molar-refractivity contribution is -0.128. The molecular formula is C8H7Cl3F2O3. The molecule has 0 unspecified atom stereocenters. The minimum atomic E-state index is -3.37. The molecule has 0 aromatic rings. The summed E-state index contributed by atoms with van der Waals surface area (Å²) in [5.74, 6) is -3.10. The van der Waals surface area contributed by atoms with E-state index >= 15 is 0 Å². The Morgan fingerprint density at radius 1 is 1.38 bits per heavy atom. The Labute approximate surface area is 105 Å². The van der Waals surface area contributed by atoms with E-state index in [9.17, 15) is 18.4 Å². The molecule has 16 heavy (non-hydrogen) atoms. The fourth-order valence-electron chi connectivity index (χ4n) is 0.660. The highest BCUT2D eigenvalue weighted by Crippen LogP contribution is 2.31. The molecule has 92 valence electrons. The fourth-order valence-corrected chi connectivity index (χ4v) is 0.966. The fraction of sp³-hybridized carbons (Fsp3) is 0.500. The summed E-state index contributed by atoms with van der Waals surface area (Å²) < 4.78 is 26.3. The maximum Gasteiger partial charge on any atom is 0.300 e. The Morgan fingerprint density at radius 2 is 1.88 bits per heavy atom. The van der Waals surface area contributed by atoms with Crippen LogP contribution in [0.1, 0.15) is 6.92 Å². The monoisotopic (exact) mass is 294 g/mol. The third-order valence-electron chi connectivity index (χ3n) is 1.33. The summed E-state index contributed by atoms with van der Waals surface area (Å²) in [5.41, 5.74) is -0.975. The molecule has 0 aromatic heterocycles. The molecule has 0 atom stereocenters. The average Bonchev–Trinajstić information content (AvgIpc) is 2.16. The highest BCUT2D eigenvalue weighted by Gasteiger charge is 2.39. The van der Waals surface area contributed by atoms with Crippen molar-refractivity contribution < 1.29 is 23.1 Å². The molecular weight excluding hydrogens is 288 g/mol. The Morgan fingerprint density at radius 3 is 2.19 bits per heavy atom. The van der Waals surface area contributed by atoms with Crippen LogP contribution in [0.3, 0.4) is 0 Å². The summed E-state index contributed by atoms with van der Waals surface area (Å²) in [7, 11) is 0. The summed E-state index contributed by atoms with van der Waals surface area (Å²) in [6.07, 6.45) is -2.80. The van der Waals surface area contributed by atoms with Gasteiger partial charge in [-0.25, -0.2) is 8.78 Å². The van der Waals surface area contributed by atoms with Crippen LogP contribution in [0, 0.1) is 0 Å². The zero-order valence-corrected chi connectivity index (χ0v) is 10.2. The molecule has 0 saturated carbocycles. The van der Waals surface area contributed by atoms with Gasteiger partial charge in [0.15, 0.2) is 0 Å². The molecule has 3 nitrogen and oxygen atoms in total. The third kappa shape index (κ3) is 4.63. The van der Waals surface area contributed by atoms with Crippen molar-refractivity contribution in [1.29, 1.82) is 0 Å². The first kappa shape index (κ1) is 15.6. The van der Waals surface area contributed by atoms with Crippen molar-refractivity contribution in [2.75, 3.05) is 6.61 Å². The summed E-state index contributed by atoms with van der Waals surface area (Å²) in [5, 5.41) is 0. The van der Waals surface area contributed by atoms with Crippen LogP contribution >= 0.6 is 34.8 Å². The molecule has 0 bridgehead atoms. The van der Waals surface area contributed by atoms with Crippen LogP contribution in [-0.2, 0) is 14.3 Å². The number of carbonyl (C=O) groups excluding carboxylic acids is 2. The summed E-state index contributed by atoms with van der Waals surface area (Å²) in [4.78, 5) is 22.3. The van der Waals surface area contributed by atoms with E-state index in [1.54, 1.807) is 0 Å². The van der Waals surface area contributed by atoms with Gasteiger partial charge < -0.3 is 4.74 Å². The maximum absolute atomic E-state index is 12.1. The van der Waals surface area contributed by atoms with Crippen molar-refractivity contribution in [2.24, 2.45) is 0 Å². The predicted octanol–water partition coefficient (Wildman–Crippen LogP) is 2.68. The number of rotatable bonds is 5. The summed E-state index contributed by atoms with van der Waals surface area (Å²) >= 11 is 15.6. The van der Waals surface area contributed by atoms with E-state index < -0.39 is 27.4 Å². The average molecular weight is 295 g/mol. The minimum absolute atomic E-state index is 0.0765. The van der Waals surface area contributed by atoms with Gasteiger partial charge in [-0.3, -0.25) is 9.59 Å². The van der Waals surface area contributed by atoms with Gasteiger partial charge in [0.1, 0.15) is 5.57 Å². The maximum atomic E-state index is 12.1. The molecule has 0 heterocycles. The Kier molecular flexibility index (Phi) is 6.22. The summed E-state index contributed by atoms with van der Waals surface area (Å²) in [6, 6.07) is 0. The summed E-state index contributed by atoms with van der Waals surface area (Å²) in [6.45, 7) is 1.61. The van der Waals surface area contributed by atoms with E-state index in [0.29, 0.717) is 6.26 Å². The molecule has 8 heteroatoms. The van der Waals surface area contributed by atoms with Crippen molar-refractivity contribution in [3.8, 4) is 0 Å². The number of ketones is 2. The van der Waals surface area contributed by atoms with Gasteiger partial charge in [0.25, 0.3) is 3.79 Å². The molecule has 0 saturated heterocycles. The van der Waals surface area contributed by atoms with Crippen LogP contribution in [0.2, 0.25) is 0 Å². The molecule has 0 aromatic carbocycles. The largest absolute Gasteiger partial charge is 0.501 e. The zero-order chi connectivity index (χ0) is 12.9. The van der Waals surface area contributed by atoms with Gasteiger partial charge in [-0.05, 0) is 6.92 Å². The molecule has 0 aliphatic carbocycles. The quantitative estimate of drug-likeness (QED) is 0.257. The molecule has 0 spiro atoms. The Bertz CT molecular complexity index is 310. The smallest absolute Gasteiger partial charge is 0.300 e. The van der Waals surface area contributed by atoms with Crippen molar-refractivity contribution in [1.82, 2.24) is 0 Å². The number of hydrogen-bond acceptors (Lipinski definition) is 3. The van der Waals surface area contributed by atoms with E-state index in [0.717, 1.165) is 0 Å². The van der Waals surface area contributed by atoms with Crippen molar-refractivity contribution in [2.45, 2.75) is 17.1 Å². The minimum Gasteiger partial charge on any atom is -0.501 e. The van der Waals surface area contributed by atoms with E-state index in [1.165, 1.54) is 6.92 Å². The second-order valence-corrected chi connectivity index (χ2v) is 4.76. The number of Topliss-reactive ketones (excluding diaryl/α,β-unsaturated/α-hetero) is 2. The van der Waals surface area contributed by atoms with Crippen molar-refractivity contribution >= 4 is 46.4 Å². The van der Waals surface area contributed by atoms with Crippen LogP contribution in [0.15, 0.2) is 11.8 Å². The number of hydrogen-bond donors (Lipinski definition) is 0. The molecule has 0 rings (SSSR count). The van der Waals surface area contributed by atoms with Crippen molar-refractivity contribution in [3.05, 3.63) is 11.8 Å². The highest BCUT2D eigenvalue weighted by atomic mass is 35.6. The Balaban J connectivity index is 5.12. The van der Waals surface area contributed by atoms with E-state index in [-0.39, 0.29) is 6.61 Å². The second kappa shape index (κ2) is 6.37. The van der Waals surface area contributed by atoms with Gasteiger partial charge in [-0.1, -0.05) is 34.8 Å². The number of carbonyl (C=O) groups is 2. The molecule has 0 amide bonds. The number of ether oxygens (including phenoxy) is 1. The molecule has 0 N–H and O–H groups in total. The lowest BCUT2D eigenvalue weighted by Crippen LogP contribution is -2.28. The predicted molar refractivity (Wildman–Crippen MR) is 56.0 cm³/mol. The first-order chi connectivity index (χ1) is 7.21. The van der Waals surface area contributed by atoms with E-state index in [1.807, 2.05) is 0 Å². The van der Waals surface area contributed by atoms with Crippen LogP contribution in [0.4, 0.5) is 8.78 Å². The van der Waals surface area contributed by atoms with Crippen molar-refractivity contribution in [3.63, 3.8) is 0 Å². The normalized spacial score (nSPS) is 12.8. The van der Waals surface area contributed by atoms with Gasteiger partial charge in [-0.15, -0.1) is 0 Å². The number of halogens is 5. The van der Waals surface area contributed by atoms with Gasteiger partial charge in [-0.2, -0.15) is 0 Å².